The van der Waals surface area contributed by atoms with Crippen molar-refractivity contribution in [1.29, 1.82) is 0 Å². The molecule has 1 fully saturated rings. The highest BCUT2D eigenvalue weighted by Crippen LogP contribution is 2.34. The molecule has 4 rings (SSSR count). The molecule has 5 N–H and O–H groups in total. The maximum Gasteiger partial charge on any atom is 0.144 e. The summed E-state index contributed by atoms with van der Waals surface area (Å²) >= 11 is 0. The van der Waals surface area contributed by atoms with Gasteiger partial charge >= 0.3 is 0 Å². The highest BCUT2D eigenvalue weighted by Gasteiger charge is 2.16. The molecule has 1 saturated heterocycles. The summed E-state index contributed by atoms with van der Waals surface area (Å²) in [4.78, 5) is 12.8. The van der Waals surface area contributed by atoms with E-state index in [0.717, 1.165) is 48.6 Å². The van der Waals surface area contributed by atoms with Crippen molar-refractivity contribution in [3.05, 3.63) is 30.3 Å². The van der Waals surface area contributed by atoms with E-state index in [1.54, 1.807) is 7.11 Å². The molecule has 1 aromatic heterocycles. The van der Waals surface area contributed by atoms with E-state index in [9.17, 15) is 0 Å². The summed E-state index contributed by atoms with van der Waals surface area (Å²) in [7, 11) is 3.74. The van der Waals surface area contributed by atoms with Crippen molar-refractivity contribution >= 4 is 28.1 Å². The Bertz CT molecular complexity index is 943. The third kappa shape index (κ3) is 2.90. The van der Waals surface area contributed by atoms with Crippen LogP contribution in [0.25, 0.3) is 22.4 Å². The third-order valence-electron chi connectivity index (χ3n) is 5.00. The van der Waals surface area contributed by atoms with Crippen LogP contribution in [0.2, 0.25) is 0 Å². The molecule has 3 aromatic rings. The van der Waals surface area contributed by atoms with E-state index in [1.165, 1.54) is 5.69 Å². The first-order valence-electron chi connectivity index (χ1n) is 8.72. The summed E-state index contributed by atoms with van der Waals surface area (Å²) in [6.45, 7) is 4.23. The van der Waals surface area contributed by atoms with Gasteiger partial charge in [-0.3, -0.25) is 0 Å². The van der Waals surface area contributed by atoms with Gasteiger partial charge in [-0.1, -0.05) is 0 Å². The van der Waals surface area contributed by atoms with Crippen LogP contribution in [0, 0.1) is 0 Å². The smallest absolute Gasteiger partial charge is 0.144 e. The van der Waals surface area contributed by atoms with Gasteiger partial charge in [0.2, 0.25) is 0 Å². The maximum absolute atomic E-state index is 6.00. The third-order valence-corrected chi connectivity index (χ3v) is 5.00. The highest BCUT2D eigenvalue weighted by molar-refractivity contribution is 5.85. The summed E-state index contributed by atoms with van der Waals surface area (Å²) < 4.78 is 5.31. The van der Waals surface area contributed by atoms with Gasteiger partial charge in [0.1, 0.15) is 11.6 Å². The number of hydrogen-bond acceptors (Lipinski definition) is 6. The van der Waals surface area contributed by atoms with Gasteiger partial charge in [0, 0.05) is 37.4 Å². The molecule has 0 unspecified atom stereocenters. The van der Waals surface area contributed by atoms with Gasteiger partial charge in [0.25, 0.3) is 0 Å². The number of methoxy groups -OCH3 is 1. The Labute approximate surface area is 152 Å². The van der Waals surface area contributed by atoms with Gasteiger partial charge < -0.3 is 31.0 Å². The predicted molar refractivity (Wildman–Crippen MR) is 107 cm³/mol. The molecule has 0 radical (unpaired) electrons. The van der Waals surface area contributed by atoms with Gasteiger partial charge in [0.15, 0.2) is 0 Å². The standard InChI is InChI=1S/C19H24N6O/c1-24-5-7-25(8-6-24)13-3-4-15-16(11-13)23-19(22-15)12-9-14(20)18(21)17(10-12)26-2/h3-4,9-11H,5-8,20-21H2,1-2H3,(H,22,23). The van der Waals surface area contributed by atoms with Crippen molar-refractivity contribution in [1.82, 2.24) is 14.9 Å². The molecule has 0 bridgehead atoms. The number of hydrogen-bond donors (Lipinski definition) is 3. The van der Waals surface area contributed by atoms with E-state index < -0.39 is 0 Å². The van der Waals surface area contributed by atoms with Gasteiger partial charge in [-0.2, -0.15) is 0 Å². The summed E-state index contributed by atoms with van der Waals surface area (Å²) in [5.41, 5.74) is 16.9. The molecule has 7 heteroatoms. The van der Waals surface area contributed by atoms with Gasteiger partial charge in [0.05, 0.1) is 29.5 Å². The number of nitrogens with zero attached hydrogens (tertiary/aromatic N) is 3. The Morgan fingerprint density at radius 3 is 2.58 bits per heavy atom. The zero-order chi connectivity index (χ0) is 18.3. The van der Waals surface area contributed by atoms with Crippen molar-refractivity contribution in [3.8, 4) is 17.1 Å². The number of aromatic nitrogens is 2. The second-order valence-corrected chi connectivity index (χ2v) is 6.76. The minimum atomic E-state index is 0.449. The summed E-state index contributed by atoms with van der Waals surface area (Å²) in [5, 5.41) is 0. The lowest BCUT2D eigenvalue weighted by Gasteiger charge is -2.34. The van der Waals surface area contributed by atoms with Crippen LogP contribution < -0.4 is 21.1 Å². The fourth-order valence-electron chi connectivity index (χ4n) is 3.35. The molecule has 0 atom stereocenters. The first kappa shape index (κ1) is 16.5. The molecule has 26 heavy (non-hydrogen) atoms. The van der Waals surface area contributed by atoms with Crippen LogP contribution in [-0.4, -0.2) is 55.2 Å². The predicted octanol–water partition coefficient (Wildman–Crippen LogP) is 2.15. The molecule has 7 nitrogen and oxygen atoms in total. The Balaban J connectivity index is 1.69. The number of nitrogens with two attached hydrogens (primary N) is 2. The number of likely N-dealkylation sites (N-methyl/N-ethyl adjacent to an activating group) is 1. The molecule has 2 heterocycles. The van der Waals surface area contributed by atoms with Gasteiger partial charge in [-0.15, -0.1) is 0 Å². The molecular weight excluding hydrogens is 328 g/mol. The lowest BCUT2D eigenvalue weighted by atomic mass is 10.1. The second-order valence-electron chi connectivity index (χ2n) is 6.76. The quantitative estimate of drug-likeness (QED) is 0.625. The monoisotopic (exact) mass is 352 g/mol. The second kappa shape index (κ2) is 6.42. The van der Waals surface area contributed by atoms with E-state index in [-0.39, 0.29) is 0 Å². The van der Waals surface area contributed by atoms with Crippen molar-refractivity contribution in [2.75, 3.05) is 56.7 Å². The number of nitrogen functional groups attached to an aromatic ring is 2. The first-order chi connectivity index (χ1) is 12.5. The first-order valence-corrected chi connectivity index (χ1v) is 8.72. The van der Waals surface area contributed by atoms with Crippen LogP contribution in [0.1, 0.15) is 0 Å². The van der Waals surface area contributed by atoms with Crippen LogP contribution in [0.3, 0.4) is 0 Å². The number of aromatic amines is 1. The van der Waals surface area contributed by atoms with E-state index in [0.29, 0.717) is 17.1 Å². The molecule has 0 aliphatic carbocycles. The van der Waals surface area contributed by atoms with Crippen LogP contribution in [0.15, 0.2) is 30.3 Å². The van der Waals surface area contributed by atoms with Crippen molar-refractivity contribution in [3.63, 3.8) is 0 Å². The molecule has 0 amide bonds. The van der Waals surface area contributed by atoms with Gasteiger partial charge in [-0.05, 0) is 37.4 Å². The molecule has 0 spiro atoms. The topological polar surface area (TPSA) is 96.4 Å². The van der Waals surface area contributed by atoms with E-state index in [2.05, 4.69) is 40.0 Å². The summed E-state index contributed by atoms with van der Waals surface area (Å²) in [6.07, 6.45) is 0. The van der Waals surface area contributed by atoms with Crippen LogP contribution in [0.5, 0.6) is 5.75 Å². The fourth-order valence-corrected chi connectivity index (χ4v) is 3.35. The number of benzene rings is 2. The number of nitrogens with one attached hydrogen (secondary N) is 1. The van der Waals surface area contributed by atoms with Gasteiger partial charge in [-0.25, -0.2) is 4.98 Å². The number of anilines is 3. The number of ether oxygens (including phenoxy) is 1. The molecule has 1 aliphatic heterocycles. The number of rotatable bonds is 3. The van der Waals surface area contributed by atoms with Crippen LogP contribution in [-0.2, 0) is 0 Å². The lowest BCUT2D eigenvalue weighted by molar-refractivity contribution is 0.313. The zero-order valence-electron chi connectivity index (χ0n) is 15.1. The van der Waals surface area contributed by atoms with E-state index in [4.69, 9.17) is 21.2 Å². The normalized spacial score (nSPS) is 15.5. The fraction of sp³-hybridized carbons (Fsp3) is 0.316. The van der Waals surface area contributed by atoms with Crippen molar-refractivity contribution in [2.45, 2.75) is 0 Å². The maximum atomic E-state index is 6.00. The van der Waals surface area contributed by atoms with Crippen molar-refractivity contribution in [2.24, 2.45) is 0 Å². The number of fused-ring (bicyclic) bond motifs is 1. The van der Waals surface area contributed by atoms with Crippen molar-refractivity contribution < 1.29 is 4.74 Å². The lowest BCUT2D eigenvalue weighted by Crippen LogP contribution is -2.44. The van der Waals surface area contributed by atoms with E-state index >= 15 is 0 Å². The average Bonchev–Trinajstić information content (AvgIpc) is 3.07. The molecule has 1 aliphatic rings. The summed E-state index contributed by atoms with van der Waals surface area (Å²) in [5.74, 6) is 1.30. The Morgan fingerprint density at radius 1 is 1.08 bits per heavy atom. The average molecular weight is 352 g/mol. The molecule has 2 aromatic carbocycles. The Morgan fingerprint density at radius 2 is 1.85 bits per heavy atom. The van der Waals surface area contributed by atoms with Crippen LogP contribution >= 0.6 is 0 Å². The minimum absolute atomic E-state index is 0.449. The zero-order valence-corrected chi connectivity index (χ0v) is 15.1. The molecular formula is C19H24N6O. The Kier molecular flexibility index (Phi) is 4.08. The minimum Gasteiger partial charge on any atom is -0.494 e. The van der Waals surface area contributed by atoms with E-state index in [1.807, 2.05) is 12.1 Å². The number of H-pyrrole nitrogens is 1. The number of piperazine rings is 1. The van der Waals surface area contributed by atoms with Crippen LogP contribution in [0.4, 0.5) is 17.1 Å². The SMILES string of the molecule is COc1cc(-c2nc3ccc(N4CCN(C)CC4)cc3[nH]2)cc(N)c1N. The number of imidazole rings is 1. The molecule has 136 valence electrons. The largest absolute Gasteiger partial charge is 0.494 e. The Hall–Kier alpha value is -2.93. The molecule has 0 saturated carbocycles. The summed E-state index contributed by atoms with van der Waals surface area (Å²) in [6, 6.07) is 10.0. The highest BCUT2D eigenvalue weighted by atomic mass is 16.5.